The molecule has 0 aliphatic carbocycles. The molecule has 1 N–H and O–H groups in total. The molecule has 0 unspecified atom stereocenters. The molecule has 10 nitrogen and oxygen atoms in total. The number of fused-ring (bicyclic) bond motifs is 4. The van der Waals surface area contributed by atoms with Gasteiger partial charge in [-0.3, -0.25) is 18.9 Å². The van der Waals surface area contributed by atoms with Crippen LogP contribution in [0.1, 0.15) is 0 Å². The number of para-hydroxylation sites is 1. The zero-order chi connectivity index (χ0) is 27.9. The van der Waals surface area contributed by atoms with Crippen LogP contribution in [0, 0.1) is 0 Å². The van der Waals surface area contributed by atoms with Crippen molar-refractivity contribution in [1.82, 2.24) is 19.2 Å². The molecule has 0 bridgehead atoms. The Hall–Kier alpha value is -4.25. The first-order valence-corrected chi connectivity index (χ1v) is 14.1. The fourth-order valence-electron chi connectivity index (χ4n) is 5.82. The number of furan rings is 1. The number of aromatic nitrogens is 2. The summed E-state index contributed by atoms with van der Waals surface area (Å²) in [6.45, 7) is 6.55. The molecule has 41 heavy (non-hydrogen) atoms. The Morgan fingerprint density at radius 2 is 1.76 bits per heavy atom. The number of ether oxygens (including phenoxy) is 1. The fraction of sp³-hybridized carbons (Fsp3) is 0.323. The van der Waals surface area contributed by atoms with Gasteiger partial charge in [-0.25, -0.2) is 4.98 Å². The average molecular weight is 553 g/mol. The summed E-state index contributed by atoms with van der Waals surface area (Å²) < 4.78 is 13.5. The molecular weight excluding hydrogens is 520 g/mol. The number of carbonyl (C=O) groups is 1. The Kier molecular flexibility index (Phi) is 6.66. The van der Waals surface area contributed by atoms with Crippen molar-refractivity contribution in [2.24, 2.45) is 0 Å². The van der Waals surface area contributed by atoms with Crippen LogP contribution >= 0.6 is 0 Å². The van der Waals surface area contributed by atoms with Crippen LogP contribution in [0.4, 0.5) is 11.5 Å². The number of carbonyl (C=O) groups excluding carboxylic acids is 1. The molecule has 3 aromatic heterocycles. The van der Waals surface area contributed by atoms with Crippen molar-refractivity contribution >= 4 is 45.0 Å². The van der Waals surface area contributed by atoms with Crippen LogP contribution in [0.3, 0.4) is 0 Å². The van der Waals surface area contributed by atoms with Crippen LogP contribution in [0.2, 0.25) is 0 Å². The van der Waals surface area contributed by atoms with Crippen molar-refractivity contribution in [2.45, 2.75) is 0 Å². The third kappa shape index (κ3) is 4.84. The molecule has 5 heterocycles. The summed E-state index contributed by atoms with van der Waals surface area (Å²) in [6.07, 6.45) is 1.74. The van der Waals surface area contributed by atoms with E-state index in [0.717, 1.165) is 53.7 Å². The van der Waals surface area contributed by atoms with Gasteiger partial charge >= 0.3 is 0 Å². The molecular formula is C31H32N6O4. The van der Waals surface area contributed by atoms with E-state index in [1.54, 1.807) is 16.7 Å². The van der Waals surface area contributed by atoms with E-state index in [1.807, 2.05) is 48.5 Å². The standard InChI is InChI=1S/C31H32N6O4/c1-34-11-13-35(14-12-34)20-27(38)32-24-9-8-21(30-29(24)23-5-2-3-7-25(23)41-30)22-6-4-10-37-28(39)19-26(33-31(22)37)36-15-17-40-18-16-36/h2-10,19H,11-18,20H2,1H3,(H,32,38). The molecule has 0 spiro atoms. The van der Waals surface area contributed by atoms with Gasteiger partial charge in [-0.2, -0.15) is 0 Å². The van der Waals surface area contributed by atoms with Crippen molar-refractivity contribution in [3.05, 3.63) is 71.1 Å². The molecule has 2 fully saturated rings. The number of hydrogen-bond acceptors (Lipinski definition) is 8. The Balaban J connectivity index is 1.33. The van der Waals surface area contributed by atoms with Crippen molar-refractivity contribution in [2.75, 3.05) is 76.3 Å². The first kappa shape index (κ1) is 25.7. The number of morpholine rings is 1. The van der Waals surface area contributed by atoms with Gasteiger partial charge in [0.1, 0.15) is 22.6 Å². The second-order valence-electron chi connectivity index (χ2n) is 10.8. The van der Waals surface area contributed by atoms with Gasteiger partial charge in [0.25, 0.3) is 5.56 Å². The highest BCUT2D eigenvalue weighted by atomic mass is 16.5. The SMILES string of the molecule is CN1CCN(CC(=O)Nc2ccc(-c3cccn4c(=O)cc(N5CCOCC5)nc34)c3oc4ccccc4c23)CC1. The lowest BCUT2D eigenvalue weighted by Crippen LogP contribution is -2.47. The number of anilines is 2. The van der Waals surface area contributed by atoms with E-state index >= 15 is 0 Å². The molecule has 2 aliphatic rings. The lowest BCUT2D eigenvalue weighted by atomic mass is 10.0. The summed E-state index contributed by atoms with van der Waals surface area (Å²) in [5, 5.41) is 4.90. The Morgan fingerprint density at radius 3 is 2.59 bits per heavy atom. The highest BCUT2D eigenvalue weighted by molar-refractivity contribution is 6.18. The first-order valence-electron chi connectivity index (χ1n) is 14.1. The monoisotopic (exact) mass is 552 g/mol. The van der Waals surface area contributed by atoms with Gasteiger partial charge < -0.3 is 24.3 Å². The largest absolute Gasteiger partial charge is 0.455 e. The van der Waals surface area contributed by atoms with Crippen molar-refractivity contribution in [3.63, 3.8) is 0 Å². The van der Waals surface area contributed by atoms with E-state index in [1.165, 1.54) is 0 Å². The molecule has 5 aromatic rings. The van der Waals surface area contributed by atoms with Crippen LogP contribution in [-0.4, -0.2) is 91.2 Å². The van der Waals surface area contributed by atoms with Gasteiger partial charge in [0, 0.05) is 68.0 Å². The Labute approximate surface area is 236 Å². The molecule has 0 saturated carbocycles. The van der Waals surface area contributed by atoms with Gasteiger partial charge in [0.15, 0.2) is 0 Å². The summed E-state index contributed by atoms with van der Waals surface area (Å²) in [5.41, 5.74) is 4.05. The van der Waals surface area contributed by atoms with Crippen molar-refractivity contribution in [1.29, 1.82) is 0 Å². The van der Waals surface area contributed by atoms with Crippen LogP contribution in [0.25, 0.3) is 38.7 Å². The number of piperazine rings is 1. The fourth-order valence-corrected chi connectivity index (χ4v) is 5.82. The zero-order valence-corrected chi connectivity index (χ0v) is 23.0. The number of pyridine rings is 1. The number of rotatable bonds is 5. The summed E-state index contributed by atoms with van der Waals surface area (Å²) >= 11 is 0. The van der Waals surface area contributed by atoms with Crippen molar-refractivity contribution < 1.29 is 13.9 Å². The summed E-state index contributed by atoms with van der Waals surface area (Å²) in [7, 11) is 2.10. The van der Waals surface area contributed by atoms with Crippen LogP contribution in [-0.2, 0) is 9.53 Å². The maximum atomic E-state index is 13.2. The normalized spacial score (nSPS) is 17.0. The third-order valence-corrected chi connectivity index (χ3v) is 8.07. The number of nitrogens with zero attached hydrogens (tertiary/aromatic N) is 5. The van der Waals surface area contributed by atoms with E-state index in [4.69, 9.17) is 14.1 Å². The van der Waals surface area contributed by atoms with E-state index < -0.39 is 0 Å². The number of nitrogens with one attached hydrogen (secondary N) is 1. The molecule has 0 radical (unpaired) electrons. The van der Waals surface area contributed by atoms with Gasteiger partial charge in [0.2, 0.25) is 5.91 Å². The molecule has 2 aromatic carbocycles. The maximum absolute atomic E-state index is 13.2. The molecule has 1 amide bonds. The third-order valence-electron chi connectivity index (χ3n) is 8.07. The smallest absolute Gasteiger partial charge is 0.259 e. The van der Waals surface area contributed by atoms with Crippen LogP contribution < -0.4 is 15.8 Å². The number of benzene rings is 2. The second-order valence-corrected chi connectivity index (χ2v) is 10.8. The molecule has 2 saturated heterocycles. The molecule has 0 atom stereocenters. The lowest BCUT2D eigenvalue weighted by Gasteiger charge is -2.31. The molecule has 10 heteroatoms. The van der Waals surface area contributed by atoms with E-state index in [-0.39, 0.29) is 11.5 Å². The van der Waals surface area contributed by atoms with E-state index in [9.17, 15) is 9.59 Å². The van der Waals surface area contributed by atoms with Crippen LogP contribution in [0.5, 0.6) is 0 Å². The Morgan fingerprint density at radius 1 is 0.951 bits per heavy atom. The minimum atomic E-state index is -0.146. The quantitative estimate of drug-likeness (QED) is 0.355. The highest BCUT2D eigenvalue weighted by Crippen LogP contribution is 2.41. The predicted molar refractivity (Wildman–Crippen MR) is 160 cm³/mol. The minimum Gasteiger partial charge on any atom is -0.455 e. The number of amides is 1. The summed E-state index contributed by atoms with van der Waals surface area (Å²) in [4.78, 5) is 37.8. The first-order chi connectivity index (χ1) is 20.0. The average Bonchev–Trinajstić information content (AvgIpc) is 3.39. The number of hydrogen-bond donors (Lipinski definition) is 1. The summed E-state index contributed by atoms with van der Waals surface area (Å²) in [6, 6.07) is 17.1. The number of likely N-dealkylation sites (N-methyl/N-ethyl adjacent to an activating group) is 1. The molecule has 2 aliphatic heterocycles. The highest BCUT2D eigenvalue weighted by Gasteiger charge is 2.22. The maximum Gasteiger partial charge on any atom is 0.259 e. The van der Waals surface area contributed by atoms with Gasteiger partial charge in [0.05, 0.1) is 30.8 Å². The van der Waals surface area contributed by atoms with Gasteiger partial charge in [-0.05, 0) is 37.4 Å². The minimum absolute atomic E-state index is 0.0533. The molecule has 7 rings (SSSR count). The zero-order valence-electron chi connectivity index (χ0n) is 23.0. The molecule has 210 valence electrons. The van der Waals surface area contributed by atoms with E-state index in [0.29, 0.717) is 55.6 Å². The van der Waals surface area contributed by atoms with Crippen LogP contribution in [0.15, 0.2) is 70.0 Å². The topological polar surface area (TPSA) is 95.6 Å². The predicted octanol–water partition coefficient (Wildman–Crippen LogP) is 3.28. The van der Waals surface area contributed by atoms with Gasteiger partial charge in [-0.15, -0.1) is 0 Å². The van der Waals surface area contributed by atoms with Crippen molar-refractivity contribution in [3.8, 4) is 11.1 Å². The Bertz CT molecular complexity index is 1810. The lowest BCUT2D eigenvalue weighted by molar-refractivity contribution is -0.117. The second kappa shape index (κ2) is 10.6. The van der Waals surface area contributed by atoms with E-state index in [2.05, 4.69) is 27.1 Å². The summed E-state index contributed by atoms with van der Waals surface area (Å²) in [5.74, 6) is 0.585. The van der Waals surface area contributed by atoms with Gasteiger partial charge in [-0.1, -0.05) is 18.2 Å².